The van der Waals surface area contributed by atoms with E-state index in [4.69, 9.17) is 0 Å². The van der Waals surface area contributed by atoms with Crippen LogP contribution in [-0.4, -0.2) is 37.1 Å². The van der Waals surface area contributed by atoms with Crippen LogP contribution >= 0.6 is 0 Å². The fraction of sp³-hybridized carbons (Fsp3) is 1.00. The predicted molar refractivity (Wildman–Crippen MR) is 90.5 cm³/mol. The van der Waals surface area contributed by atoms with Crippen molar-refractivity contribution in [3.63, 3.8) is 0 Å². The molecule has 122 valence electrons. The van der Waals surface area contributed by atoms with Crippen molar-refractivity contribution in [1.82, 2.24) is 10.2 Å². The van der Waals surface area contributed by atoms with Crippen LogP contribution in [-0.2, 0) is 0 Å². The van der Waals surface area contributed by atoms with Crippen molar-refractivity contribution in [2.45, 2.75) is 78.2 Å². The first-order valence-electron chi connectivity index (χ1n) is 9.42. The molecule has 21 heavy (non-hydrogen) atoms. The Balaban J connectivity index is 1.58. The van der Waals surface area contributed by atoms with E-state index in [2.05, 4.69) is 31.0 Å². The molecular weight excluding hydrogens is 256 g/mol. The van der Waals surface area contributed by atoms with E-state index in [0.717, 1.165) is 12.0 Å². The summed E-state index contributed by atoms with van der Waals surface area (Å²) in [7, 11) is 0. The van der Waals surface area contributed by atoms with E-state index in [-0.39, 0.29) is 0 Å². The lowest BCUT2D eigenvalue weighted by molar-refractivity contribution is 0.0466. The van der Waals surface area contributed by atoms with Crippen molar-refractivity contribution >= 4 is 0 Å². The minimum Gasteiger partial charge on any atom is -0.313 e. The molecule has 0 aromatic carbocycles. The molecule has 2 saturated carbocycles. The first kappa shape index (κ1) is 15.8. The van der Waals surface area contributed by atoms with Gasteiger partial charge in [-0.05, 0) is 68.4 Å². The number of hydrogen-bond acceptors (Lipinski definition) is 2. The summed E-state index contributed by atoms with van der Waals surface area (Å²) in [6.07, 6.45) is 11.4. The summed E-state index contributed by atoms with van der Waals surface area (Å²) in [5.41, 5.74) is 1.15. The highest BCUT2D eigenvalue weighted by Gasteiger charge is 2.39. The number of piperidine rings is 1. The molecule has 0 bridgehead atoms. The highest BCUT2D eigenvalue weighted by molar-refractivity contribution is 4.94. The summed E-state index contributed by atoms with van der Waals surface area (Å²) >= 11 is 0. The SMILES string of the molecule is CC1CCCC(CNC2CC2)(CN2CCC(C)(C)CC2)C1. The third-order valence-electron chi connectivity index (χ3n) is 6.30. The molecule has 0 spiro atoms. The average molecular weight is 293 g/mol. The van der Waals surface area contributed by atoms with Gasteiger partial charge in [-0.15, -0.1) is 0 Å². The van der Waals surface area contributed by atoms with Crippen LogP contribution in [0.1, 0.15) is 72.1 Å². The van der Waals surface area contributed by atoms with Gasteiger partial charge in [-0.2, -0.15) is 0 Å². The molecule has 3 aliphatic rings. The zero-order valence-corrected chi connectivity index (χ0v) is 14.6. The molecule has 0 aromatic heterocycles. The minimum atomic E-state index is 0.571. The molecule has 3 rings (SSSR count). The van der Waals surface area contributed by atoms with Crippen molar-refractivity contribution in [3.05, 3.63) is 0 Å². The summed E-state index contributed by atoms with van der Waals surface area (Å²) in [5, 5.41) is 3.87. The van der Waals surface area contributed by atoms with Crippen LogP contribution < -0.4 is 5.32 Å². The number of likely N-dealkylation sites (tertiary alicyclic amines) is 1. The molecule has 0 amide bonds. The maximum Gasteiger partial charge on any atom is 0.00684 e. The third kappa shape index (κ3) is 4.45. The number of rotatable bonds is 5. The molecule has 1 aliphatic heterocycles. The van der Waals surface area contributed by atoms with Gasteiger partial charge in [0.25, 0.3) is 0 Å². The van der Waals surface area contributed by atoms with Crippen LogP contribution in [0.15, 0.2) is 0 Å². The van der Waals surface area contributed by atoms with E-state index < -0.39 is 0 Å². The lowest BCUT2D eigenvalue weighted by Gasteiger charge is -2.46. The zero-order chi connectivity index (χ0) is 14.9. The van der Waals surface area contributed by atoms with Crippen LogP contribution in [0.2, 0.25) is 0 Å². The largest absolute Gasteiger partial charge is 0.313 e. The third-order valence-corrected chi connectivity index (χ3v) is 6.30. The molecule has 0 aromatic rings. The van der Waals surface area contributed by atoms with E-state index in [1.165, 1.54) is 77.5 Å². The average Bonchev–Trinajstić information content (AvgIpc) is 3.24. The highest BCUT2D eigenvalue weighted by Crippen LogP contribution is 2.41. The smallest absolute Gasteiger partial charge is 0.00684 e. The number of hydrogen-bond donors (Lipinski definition) is 1. The lowest BCUT2D eigenvalue weighted by Crippen LogP contribution is -2.49. The highest BCUT2D eigenvalue weighted by atomic mass is 15.1. The second kappa shape index (κ2) is 6.20. The second-order valence-electron chi connectivity index (χ2n) is 9.30. The van der Waals surface area contributed by atoms with E-state index >= 15 is 0 Å². The van der Waals surface area contributed by atoms with Gasteiger partial charge in [0.05, 0.1) is 0 Å². The van der Waals surface area contributed by atoms with Gasteiger partial charge in [0.1, 0.15) is 0 Å². The summed E-state index contributed by atoms with van der Waals surface area (Å²) in [6, 6.07) is 0.861. The Morgan fingerprint density at radius 1 is 1.05 bits per heavy atom. The Labute approximate surface area is 132 Å². The van der Waals surface area contributed by atoms with Crippen LogP contribution in [0.25, 0.3) is 0 Å². The maximum absolute atomic E-state index is 3.87. The van der Waals surface area contributed by atoms with Crippen molar-refractivity contribution in [1.29, 1.82) is 0 Å². The number of nitrogens with one attached hydrogen (secondary N) is 1. The van der Waals surface area contributed by atoms with Gasteiger partial charge in [-0.3, -0.25) is 0 Å². The van der Waals surface area contributed by atoms with Gasteiger partial charge < -0.3 is 10.2 Å². The summed E-state index contributed by atoms with van der Waals surface area (Å²) in [6.45, 7) is 12.6. The molecule has 1 saturated heterocycles. The van der Waals surface area contributed by atoms with E-state index in [1.807, 2.05) is 0 Å². The summed E-state index contributed by atoms with van der Waals surface area (Å²) < 4.78 is 0. The normalized spacial score (nSPS) is 37.6. The van der Waals surface area contributed by atoms with Crippen LogP contribution in [0, 0.1) is 16.7 Å². The quantitative estimate of drug-likeness (QED) is 0.822. The van der Waals surface area contributed by atoms with Crippen molar-refractivity contribution in [2.24, 2.45) is 16.7 Å². The first-order chi connectivity index (χ1) is 9.96. The van der Waals surface area contributed by atoms with Crippen LogP contribution in [0.4, 0.5) is 0 Å². The number of nitrogens with zero attached hydrogens (tertiary/aromatic N) is 1. The molecule has 2 atom stereocenters. The van der Waals surface area contributed by atoms with Gasteiger partial charge in [-0.25, -0.2) is 0 Å². The Morgan fingerprint density at radius 2 is 1.76 bits per heavy atom. The Hall–Kier alpha value is -0.0800. The minimum absolute atomic E-state index is 0.571. The Morgan fingerprint density at radius 3 is 2.38 bits per heavy atom. The monoisotopic (exact) mass is 292 g/mol. The summed E-state index contributed by atoms with van der Waals surface area (Å²) in [4.78, 5) is 2.79. The van der Waals surface area contributed by atoms with E-state index in [9.17, 15) is 0 Å². The summed E-state index contributed by atoms with van der Waals surface area (Å²) in [5.74, 6) is 0.931. The zero-order valence-electron chi connectivity index (χ0n) is 14.6. The van der Waals surface area contributed by atoms with Crippen LogP contribution in [0.3, 0.4) is 0 Å². The van der Waals surface area contributed by atoms with Gasteiger partial charge in [0.2, 0.25) is 0 Å². The molecule has 2 nitrogen and oxygen atoms in total. The van der Waals surface area contributed by atoms with Crippen molar-refractivity contribution in [2.75, 3.05) is 26.2 Å². The lowest BCUT2D eigenvalue weighted by atomic mass is 9.69. The second-order valence-corrected chi connectivity index (χ2v) is 9.30. The molecule has 1 heterocycles. The maximum atomic E-state index is 3.87. The molecule has 2 unspecified atom stereocenters. The first-order valence-corrected chi connectivity index (χ1v) is 9.42. The van der Waals surface area contributed by atoms with Crippen molar-refractivity contribution in [3.8, 4) is 0 Å². The van der Waals surface area contributed by atoms with E-state index in [1.54, 1.807) is 0 Å². The standard InChI is InChI=1S/C19H36N2/c1-16-5-4-8-19(13-16,14-20-17-6-7-17)15-21-11-9-18(2,3)10-12-21/h16-17,20H,4-15H2,1-3H3. The molecular formula is C19H36N2. The Bertz CT molecular complexity index is 337. The fourth-order valence-corrected chi connectivity index (χ4v) is 4.57. The Kier molecular flexibility index (Phi) is 4.66. The van der Waals surface area contributed by atoms with Crippen molar-refractivity contribution < 1.29 is 0 Å². The topological polar surface area (TPSA) is 15.3 Å². The molecule has 2 aliphatic carbocycles. The van der Waals surface area contributed by atoms with E-state index in [0.29, 0.717) is 10.8 Å². The molecule has 3 fully saturated rings. The van der Waals surface area contributed by atoms with Gasteiger partial charge in [-0.1, -0.05) is 33.6 Å². The fourth-order valence-electron chi connectivity index (χ4n) is 4.57. The van der Waals surface area contributed by atoms with Crippen LogP contribution in [0.5, 0.6) is 0 Å². The molecule has 1 N–H and O–H groups in total. The van der Waals surface area contributed by atoms with Gasteiger partial charge in [0, 0.05) is 19.1 Å². The van der Waals surface area contributed by atoms with Gasteiger partial charge >= 0.3 is 0 Å². The predicted octanol–water partition coefficient (Wildman–Crippen LogP) is 4.06. The van der Waals surface area contributed by atoms with Gasteiger partial charge in [0.15, 0.2) is 0 Å². The molecule has 0 radical (unpaired) electrons. The molecule has 2 heteroatoms.